The fourth-order valence-electron chi connectivity index (χ4n) is 3.09. The lowest BCUT2D eigenvalue weighted by Gasteiger charge is -2.28. The Bertz CT molecular complexity index is 224. The van der Waals surface area contributed by atoms with Gasteiger partial charge in [0.2, 0.25) is 0 Å². The van der Waals surface area contributed by atoms with Crippen molar-refractivity contribution < 1.29 is 14.2 Å². The van der Waals surface area contributed by atoms with Crippen molar-refractivity contribution in [3.63, 3.8) is 0 Å². The highest BCUT2D eigenvalue weighted by atomic mass is 28.1. The third-order valence-corrected chi connectivity index (χ3v) is 5.48. The molecule has 0 aliphatic carbocycles. The van der Waals surface area contributed by atoms with Gasteiger partial charge in [0.15, 0.2) is 0 Å². The number of rotatable bonds is 18. The molecule has 0 bridgehead atoms. The van der Waals surface area contributed by atoms with E-state index in [0.717, 1.165) is 12.8 Å². The Hall–Kier alpha value is 0.0969. The van der Waals surface area contributed by atoms with Crippen LogP contribution in [0.1, 0.15) is 89.9 Å². The van der Waals surface area contributed by atoms with Crippen molar-refractivity contribution in [3.8, 4) is 0 Å². The van der Waals surface area contributed by atoms with E-state index in [2.05, 4.69) is 0 Å². The van der Waals surface area contributed by atoms with E-state index in [9.17, 15) is 0 Å². The summed E-state index contributed by atoms with van der Waals surface area (Å²) in [5.41, 5.74) is 0. The molecule has 0 heterocycles. The van der Waals surface area contributed by atoms with Crippen molar-refractivity contribution in [1.29, 1.82) is 0 Å². The van der Waals surface area contributed by atoms with E-state index in [4.69, 9.17) is 14.2 Å². The summed E-state index contributed by atoms with van der Waals surface area (Å²) >= 11 is 0. The minimum atomic E-state index is -0.834. The van der Waals surface area contributed by atoms with Crippen molar-refractivity contribution in [2.24, 2.45) is 0 Å². The van der Waals surface area contributed by atoms with Gasteiger partial charge < -0.3 is 14.2 Å². The summed E-state index contributed by atoms with van der Waals surface area (Å²) in [6.07, 6.45) is 18.8. The third-order valence-electron chi connectivity index (χ3n) is 4.77. The van der Waals surface area contributed by atoms with E-state index >= 15 is 0 Å². The van der Waals surface area contributed by atoms with Crippen LogP contribution in [0.2, 0.25) is 6.04 Å². The van der Waals surface area contributed by atoms with Crippen molar-refractivity contribution in [2.75, 3.05) is 21.3 Å². The topological polar surface area (TPSA) is 27.7 Å². The first-order chi connectivity index (χ1) is 11.2. The molecule has 0 saturated heterocycles. The average molecular weight is 347 g/mol. The lowest BCUT2D eigenvalue weighted by molar-refractivity contribution is -0.355. The number of hydrogen-bond donors (Lipinski definition) is 0. The molecule has 0 fully saturated rings. The van der Waals surface area contributed by atoms with Crippen LogP contribution in [-0.2, 0) is 14.2 Å². The number of unbranched alkanes of at least 4 members (excludes halogenated alkanes) is 12. The summed E-state index contributed by atoms with van der Waals surface area (Å²) in [6.45, 7) is 0. The van der Waals surface area contributed by atoms with E-state index in [0.29, 0.717) is 0 Å². The molecule has 140 valence electrons. The molecule has 0 aliphatic heterocycles. The summed E-state index contributed by atoms with van der Waals surface area (Å²) in [7, 11) is 6.30. The molecule has 23 heavy (non-hydrogen) atoms. The van der Waals surface area contributed by atoms with Crippen molar-refractivity contribution >= 4 is 10.2 Å². The van der Waals surface area contributed by atoms with Crippen LogP contribution >= 0.6 is 0 Å². The molecule has 0 aliphatic rings. The van der Waals surface area contributed by atoms with Crippen LogP contribution in [0.25, 0.3) is 0 Å². The summed E-state index contributed by atoms with van der Waals surface area (Å²) in [6, 6.07) is 1.49. The van der Waals surface area contributed by atoms with Crippen LogP contribution in [0.15, 0.2) is 0 Å². The molecular weight excluding hydrogens is 304 g/mol. The Kier molecular flexibility index (Phi) is 17.0. The monoisotopic (exact) mass is 346 g/mol. The van der Waals surface area contributed by atoms with Crippen LogP contribution in [0.5, 0.6) is 0 Å². The highest BCUT2D eigenvalue weighted by Gasteiger charge is 2.28. The molecule has 0 atom stereocenters. The second-order valence-electron chi connectivity index (χ2n) is 6.64. The van der Waals surface area contributed by atoms with Gasteiger partial charge in [-0.2, -0.15) is 0 Å². The van der Waals surface area contributed by atoms with Crippen LogP contribution in [0.4, 0.5) is 0 Å². The minimum absolute atomic E-state index is 0.802. The minimum Gasteiger partial charge on any atom is -0.331 e. The SMILES string of the molecule is COC(CCCCCCCCCCCCCCC[SiH3])(OC)OC. The fourth-order valence-corrected chi connectivity index (χ4v) is 3.59. The first-order valence-corrected chi connectivity index (χ1v) is 11.3. The average Bonchev–Trinajstić information content (AvgIpc) is 2.59. The maximum Gasteiger partial charge on any atom is 0.282 e. The molecule has 0 aromatic rings. The molecule has 0 rings (SSSR count). The van der Waals surface area contributed by atoms with Gasteiger partial charge in [0.1, 0.15) is 0 Å². The van der Waals surface area contributed by atoms with Gasteiger partial charge in [-0.05, 0) is 6.42 Å². The first kappa shape index (κ1) is 23.1. The molecule has 0 aromatic heterocycles. The van der Waals surface area contributed by atoms with Gasteiger partial charge >= 0.3 is 0 Å². The number of ether oxygens (including phenoxy) is 3. The summed E-state index contributed by atoms with van der Waals surface area (Å²) in [5.74, 6) is -0.834. The molecule has 0 aromatic carbocycles. The zero-order valence-electron chi connectivity index (χ0n) is 16.3. The standard InChI is InChI=1S/C19H42O3Si/c1-20-19(21-2,22-3)17-15-13-11-9-7-5-4-6-8-10-12-14-16-18-23/h4-18H2,1-3,23H3. The third kappa shape index (κ3) is 13.1. The second kappa shape index (κ2) is 16.9. The maximum absolute atomic E-state index is 5.31. The predicted molar refractivity (Wildman–Crippen MR) is 103 cm³/mol. The lowest BCUT2D eigenvalue weighted by Crippen LogP contribution is -2.35. The Morgan fingerprint density at radius 3 is 1.13 bits per heavy atom. The fraction of sp³-hybridized carbons (Fsp3) is 1.00. The zero-order valence-corrected chi connectivity index (χ0v) is 18.3. The summed E-state index contributed by atoms with van der Waals surface area (Å²) < 4.78 is 15.9. The summed E-state index contributed by atoms with van der Waals surface area (Å²) in [5, 5.41) is 0. The quantitative estimate of drug-likeness (QED) is 0.202. The van der Waals surface area contributed by atoms with E-state index in [1.165, 1.54) is 93.3 Å². The molecule has 0 radical (unpaired) electrons. The van der Waals surface area contributed by atoms with Crippen LogP contribution in [0.3, 0.4) is 0 Å². The van der Waals surface area contributed by atoms with Gasteiger partial charge in [-0.25, -0.2) is 0 Å². The van der Waals surface area contributed by atoms with Gasteiger partial charge in [0.25, 0.3) is 5.97 Å². The Balaban J connectivity index is 3.25. The Labute approximate surface area is 148 Å². The molecule has 0 unspecified atom stereocenters. The van der Waals surface area contributed by atoms with Crippen molar-refractivity contribution in [2.45, 2.75) is 102 Å². The van der Waals surface area contributed by atoms with Gasteiger partial charge in [-0.3, -0.25) is 0 Å². The van der Waals surface area contributed by atoms with Crippen molar-refractivity contribution in [3.05, 3.63) is 0 Å². The first-order valence-electron chi connectivity index (χ1n) is 9.90. The lowest BCUT2D eigenvalue weighted by atomic mass is 10.0. The molecule has 0 spiro atoms. The van der Waals surface area contributed by atoms with E-state index in [1.807, 2.05) is 0 Å². The van der Waals surface area contributed by atoms with E-state index in [1.54, 1.807) is 21.3 Å². The van der Waals surface area contributed by atoms with Crippen LogP contribution in [0, 0.1) is 0 Å². The molecule has 3 nitrogen and oxygen atoms in total. The largest absolute Gasteiger partial charge is 0.331 e. The number of methoxy groups -OCH3 is 3. The van der Waals surface area contributed by atoms with Crippen LogP contribution < -0.4 is 0 Å². The van der Waals surface area contributed by atoms with Gasteiger partial charge in [-0.15, -0.1) is 0 Å². The van der Waals surface area contributed by atoms with E-state index < -0.39 is 5.97 Å². The van der Waals surface area contributed by atoms with Crippen molar-refractivity contribution in [1.82, 2.24) is 0 Å². The van der Waals surface area contributed by atoms with Gasteiger partial charge in [-0.1, -0.05) is 83.1 Å². The van der Waals surface area contributed by atoms with Gasteiger partial charge in [0, 0.05) is 38.0 Å². The smallest absolute Gasteiger partial charge is 0.282 e. The molecule has 0 amide bonds. The number of hydrogen-bond acceptors (Lipinski definition) is 3. The maximum atomic E-state index is 5.31. The zero-order chi connectivity index (χ0) is 17.2. The molecule has 4 heteroatoms. The Morgan fingerprint density at radius 2 is 0.826 bits per heavy atom. The second-order valence-corrected chi connectivity index (χ2v) is 7.64. The normalized spacial score (nSPS) is 12.1. The highest BCUT2D eigenvalue weighted by Crippen LogP contribution is 2.21. The molecule has 0 N–H and O–H groups in total. The Morgan fingerprint density at radius 1 is 0.522 bits per heavy atom. The predicted octanol–water partition coefficient (Wildman–Crippen LogP) is 4.82. The molecule has 0 saturated carbocycles. The molecular formula is C19H42O3Si. The highest BCUT2D eigenvalue weighted by molar-refractivity contribution is 6.08. The summed E-state index contributed by atoms with van der Waals surface area (Å²) in [4.78, 5) is 0. The van der Waals surface area contributed by atoms with Crippen LogP contribution in [-0.4, -0.2) is 37.5 Å². The van der Waals surface area contributed by atoms with Gasteiger partial charge in [0.05, 0.1) is 0 Å². The van der Waals surface area contributed by atoms with E-state index in [-0.39, 0.29) is 0 Å².